The Balaban J connectivity index is 1.43. The molecule has 1 aliphatic heterocycles. The second kappa shape index (κ2) is 9.57. The molecule has 1 atom stereocenters. The number of hydrogen-bond acceptors (Lipinski definition) is 5. The van der Waals surface area contributed by atoms with Gasteiger partial charge < -0.3 is 20.1 Å². The first-order valence-electron chi connectivity index (χ1n) is 8.95. The number of rotatable bonds is 7. The van der Waals surface area contributed by atoms with E-state index in [0.717, 1.165) is 42.7 Å². The smallest absolute Gasteiger partial charge is 0.191 e. The van der Waals surface area contributed by atoms with Crippen molar-refractivity contribution in [3.8, 4) is 5.75 Å². The van der Waals surface area contributed by atoms with Crippen molar-refractivity contribution in [2.75, 3.05) is 27.3 Å². The van der Waals surface area contributed by atoms with Crippen LogP contribution in [0.5, 0.6) is 5.75 Å². The van der Waals surface area contributed by atoms with E-state index in [0.29, 0.717) is 24.8 Å². The molecule has 2 N–H and O–H groups in total. The monoisotopic (exact) mass is 392 g/mol. The van der Waals surface area contributed by atoms with Gasteiger partial charge in [-0.25, -0.2) is 9.67 Å². The number of hydrogen-bond donors (Lipinski definition) is 2. The molecule has 0 saturated heterocycles. The van der Waals surface area contributed by atoms with E-state index >= 15 is 0 Å². The average Bonchev–Trinajstić information content (AvgIpc) is 3.06. The number of aromatic nitrogens is 3. The van der Waals surface area contributed by atoms with Crippen molar-refractivity contribution >= 4 is 17.6 Å². The van der Waals surface area contributed by atoms with E-state index in [1.165, 1.54) is 0 Å². The lowest BCUT2D eigenvalue weighted by Gasteiger charge is -2.25. The third kappa shape index (κ3) is 5.58. The Kier molecular flexibility index (Phi) is 6.89. The molecule has 1 unspecified atom stereocenters. The normalized spacial score (nSPS) is 16.7. The van der Waals surface area contributed by atoms with Gasteiger partial charge in [0.15, 0.2) is 11.8 Å². The van der Waals surface area contributed by atoms with E-state index in [1.54, 1.807) is 20.2 Å². The summed E-state index contributed by atoms with van der Waals surface area (Å²) in [4.78, 5) is 8.78. The van der Waals surface area contributed by atoms with Crippen LogP contribution >= 0.6 is 11.6 Å². The molecule has 1 aromatic carbocycles. The number of nitrogens with one attached hydrogen (secondary N) is 2. The second-order valence-corrected chi connectivity index (χ2v) is 6.68. The highest BCUT2D eigenvalue weighted by molar-refractivity contribution is 6.30. The maximum Gasteiger partial charge on any atom is 0.191 e. The first-order valence-corrected chi connectivity index (χ1v) is 9.33. The topological polar surface area (TPSA) is 85.6 Å². The molecule has 0 spiro atoms. The minimum absolute atomic E-state index is 0.245. The lowest BCUT2D eigenvalue weighted by Crippen LogP contribution is -2.47. The molecule has 146 valence electrons. The SMILES string of the molecule is CN=C(NCCOc1cccc(Cl)c1)NC1CCc2nc(COC)nn2C1. The van der Waals surface area contributed by atoms with Crippen LogP contribution in [0.15, 0.2) is 29.3 Å². The number of guanidine groups is 1. The first kappa shape index (κ1) is 19.4. The molecule has 27 heavy (non-hydrogen) atoms. The summed E-state index contributed by atoms with van der Waals surface area (Å²) in [6.07, 6.45) is 1.86. The van der Waals surface area contributed by atoms with Gasteiger partial charge >= 0.3 is 0 Å². The number of halogens is 1. The Morgan fingerprint density at radius 3 is 3.11 bits per heavy atom. The second-order valence-electron chi connectivity index (χ2n) is 6.24. The summed E-state index contributed by atoms with van der Waals surface area (Å²) in [5.41, 5.74) is 0. The van der Waals surface area contributed by atoms with Crippen molar-refractivity contribution in [3.63, 3.8) is 0 Å². The molecule has 0 bridgehead atoms. The van der Waals surface area contributed by atoms with Gasteiger partial charge in [0.25, 0.3) is 0 Å². The summed E-state index contributed by atoms with van der Waals surface area (Å²) in [7, 11) is 3.41. The third-order valence-corrected chi connectivity index (χ3v) is 4.43. The van der Waals surface area contributed by atoms with Crippen LogP contribution in [0.25, 0.3) is 0 Å². The number of aliphatic imine (C=N–C) groups is 1. The van der Waals surface area contributed by atoms with Gasteiger partial charge in [-0.05, 0) is 24.6 Å². The molecule has 2 heterocycles. The highest BCUT2D eigenvalue weighted by atomic mass is 35.5. The van der Waals surface area contributed by atoms with Gasteiger partial charge in [-0.3, -0.25) is 4.99 Å². The molecule has 8 nitrogen and oxygen atoms in total. The molecular weight excluding hydrogens is 368 g/mol. The number of fused-ring (bicyclic) bond motifs is 1. The average molecular weight is 393 g/mol. The Morgan fingerprint density at radius 2 is 2.33 bits per heavy atom. The van der Waals surface area contributed by atoms with Crippen molar-refractivity contribution in [3.05, 3.63) is 40.9 Å². The zero-order valence-corrected chi connectivity index (χ0v) is 16.4. The van der Waals surface area contributed by atoms with Crippen LogP contribution < -0.4 is 15.4 Å². The zero-order chi connectivity index (χ0) is 19.1. The predicted molar refractivity (Wildman–Crippen MR) is 104 cm³/mol. The highest BCUT2D eigenvalue weighted by Gasteiger charge is 2.22. The summed E-state index contributed by atoms with van der Waals surface area (Å²) < 4.78 is 12.7. The summed E-state index contributed by atoms with van der Waals surface area (Å²) in [5, 5.41) is 11.9. The van der Waals surface area contributed by atoms with Crippen molar-refractivity contribution in [1.82, 2.24) is 25.4 Å². The van der Waals surface area contributed by atoms with Crippen molar-refractivity contribution in [1.29, 1.82) is 0 Å². The van der Waals surface area contributed by atoms with Gasteiger partial charge in [-0.1, -0.05) is 17.7 Å². The van der Waals surface area contributed by atoms with E-state index in [4.69, 9.17) is 21.1 Å². The maximum atomic E-state index is 5.95. The minimum Gasteiger partial charge on any atom is -0.492 e. The minimum atomic E-state index is 0.245. The van der Waals surface area contributed by atoms with E-state index in [1.807, 2.05) is 22.9 Å². The molecule has 0 fully saturated rings. The Morgan fingerprint density at radius 1 is 1.44 bits per heavy atom. The molecule has 0 aliphatic carbocycles. The number of methoxy groups -OCH3 is 1. The molecule has 3 rings (SSSR count). The predicted octanol–water partition coefficient (Wildman–Crippen LogP) is 1.64. The van der Waals surface area contributed by atoms with E-state index in [2.05, 4.69) is 25.7 Å². The highest BCUT2D eigenvalue weighted by Crippen LogP contribution is 2.16. The molecule has 0 amide bonds. The van der Waals surface area contributed by atoms with Crippen LogP contribution in [0.4, 0.5) is 0 Å². The summed E-state index contributed by atoms with van der Waals surface area (Å²) >= 11 is 5.95. The fourth-order valence-electron chi connectivity index (χ4n) is 2.95. The van der Waals surface area contributed by atoms with Gasteiger partial charge in [0.2, 0.25) is 0 Å². The Bertz CT molecular complexity index is 779. The van der Waals surface area contributed by atoms with Gasteiger partial charge in [-0.2, -0.15) is 5.10 Å². The van der Waals surface area contributed by atoms with Crippen LogP contribution in [-0.4, -0.2) is 54.1 Å². The van der Waals surface area contributed by atoms with Crippen LogP contribution in [0.2, 0.25) is 5.02 Å². The lowest BCUT2D eigenvalue weighted by atomic mass is 10.1. The zero-order valence-electron chi connectivity index (χ0n) is 15.6. The fourth-order valence-corrected chi connectivity index (χ4v) is 3.13. The maximum absolute atomic E-state index is 5.95. The van der Waals surface area contributed by atoms with Gasteiger partial charge in [0, 0.05) is 31.6 Å². The Hall–Kier alpha value is -2.32. The van der Waals surface area contributed by atoms with Gasteiger partial charge in [-0.15, -0.1) is 0 Å². The van der Waals surface area contributed by atoms with Crippen molar-refractivity contribution in [2.24, 2.45) is 4.99 Å². The quantitative estimate of drug-likeness (QED) is 0.423. The molecule has 0 saturated carbocycles. The summed E-state index contributed by atoms with van der Waals surface area (Å²) in [5.74, 6) is 3.24. The van der Waals surface area contributed by atoms with Crippen LogP contribution in [-0.2, 0) is 24.3 Å². The number of ether oxygens (including phenoxy) is 2. The molecule has 2 aromatic rings. The van der Waals surface area contributed by atoms with Crippen LogP contribution in [0.3, 0.4) is 0 Å². The largest absolute Gasteiger partial charge is 0.492 e. The molecule has 1 aromatic heterocycles. The number of nitrogens with zero attached hydrogens (tertiary/aromatic N) is 4. The fraction of sp³-hybridized carbons (Fsp3) is 0.500. The molecule has 9 heteroatoms. The molecule has 0 radical (unpaired) electrons. The van der Waals surface area contributed by atoms with Crippen LogP contribution in [0.1, 0.15) is 18.1 Å². The van der Waals surface area contributed by atoms with E-state index in [9.17, 15) is 0 Å². The van der Waals surface area contributed by atoms with Crippen molar-refractivity contribution in [2.45, 2.75) is 32.0 Å². The standard InChI is InChI=1S/C18H25ClN6O2/c1-20-18(21-8-9-27-15-5-3-4-13(19)10-15)22-14-6-7-17-23-16(12-26-2)24-25(17)11-14/h3-5,10,14H,6-9,11-12H2,1-2H3,(H2,20,21,22). The van der Waals surface area contributed by atoms with Gasteiger partial charge in [0.1, 0.15) is 24.8 Å². The summed E-state index contributed by atoms with van der Waals surface area (Å²) in [6.45, 7) is 2.34. The van der Waals surface area contributed by atoms with Crippen LogP contribution in [0, 0.1) is 0 Å². The third-order valence-electron chi connectivity index (χ3n) is 4.20. The van der Waals surface area contributed by atoms with Crippen molar-refractivity contribution < 1.29 is 9.47 Å². The van der Waals surface area contributed by atoms with E-state index < -0.39 is 0 Å². The number of benzene rings is 1. The Labute approximate surface area is 163 Å². The molecular formula is C18H25ClN6O2. The van der Waals surface area contributed by atoms with E-state index in [-0.39, 0.29) is 6.04 Å². The molecule has 1 aliphatic rings. The van der Waals surface area contributed by atoms with Gasteiger partial charge in [0.05, 0.1) is 13.1 Å². The number of aryl methyl sites for hydroxylation is 1. The first-order chi connectivity index (χ1) is 13.2. The summed E-state index contributed by atoms with van der Waals surface area (Å²) in [6, 6.07) is 7.61. The lowest BCUT2D eigenvalue weighted by molar-refractivity contribution is 0.177.